The summed E-state index contributed by atoms with van der Waals surface area (Å²) in [5.41, 5.74) is 11.4. The van der Waals surface area contributed by atoms with Gasteiger partial charge in [-0.05, 0) is 12.0 Å². The zero-order chi connectivity index (χ0) is 12.2. The molecule has 0 aromatic heterocycles. The maximum atomic E-state index is 10.8. The van der Waals surface area contributed by atoms with E-state index in [9.17, 15) is 9.90 Å². The normalized spacial score (nSPS) is 15.5. The standard InChI is InChI=1S/C12H18N2O2.ClH/c1-2-12(14,8-10(15)11(13)16)9-6-4-3-5-7-9;/h3-7,10,15H,2,8,14H2,1H3,(H2,13,16);1H. The van der Waals surface area contributed by atoms with Gasteiger partial charge in [-0.2, -0.15) is 0 Å². The molecule has 2 atom stereocenters. The zero-order valence-corrected chi connectivity index (χ0v) is 10.6. The maximum absolute atomic E-state index is 10.8. The number of hydrogen-bond donors (Lipinski definition) is 3. The lowest BCUT2D eigenvalue weighted by Gasteiger charge is -2.30. The van der Waals surface area contributed by atoms with E-state index in [0.717, 1.165) is 5.56 Å². The molecular weight excluding hydrogens is 240 g/mol. The Labute approximate surface area is 107 Å². The van der Waals surface area contributed by atoms with Gasteiger partial charge >= 0.3 is 0 Å². The van der Waals surface area contributed by atoms with Crippen LogP contribution in [0.3, 0.4) is 0 Å². The van der Waals surface area contributed by atoms with Crippen molar-refractivity contribution in [1.29, 1.82) is 0 Å². The van der Waals surface area contributed by atoms with Crippen molar-refractivity contribution in [2.24, 2.45) is 11.5 Å². The molecule has 0 spiro atoms. The third-order valence-corrected chi connectivity index (χ3v) is 2.87. The molecule has 0 fully saturated rings. The summed E-state index contributed by atoms with van der Waals surface area (Å²) in [6, 6.07) is 9.42. The molecule has 0 saturated carbocycles. The quantitative estimate of drug-likeness (QED) is 0.733. The van der Waals surface area contributed by atoms with E-state index >= 15 is 0 Å². The highest BCUT2D eigenvalue weighted by Crippen LogP contribution is 2.26. The first-order chi connectivity index (χ1) is 7.49. The summed E-state index contributed by atoms with van der Waals surface area (Å²) in [5, 5.41) is 9.50. The molecule has 0 bridgehead atoms. The highest BCUT2D eigenvalue weighted by Gasteiger charge is 2.30. The molecule has 0 aliphatic carbocycles. The molecule has 4 nitrogen and oxygen atoms in total. The van der Waals surface area contributed by atoms with Gasteiger partial charge in [-0.1, -0.05) is 37.3 Å². The maximum Gasteiger partial charge on any atom is 0.246 e. The largest absolute Gasteiger partial charge is 0.383 e. The summed E-state index contributed by atoms with van der Waals surface area (Å²) in [6.45, 7) is 1.92. The fraction of sp³-hybridized carbons (Fsp3) is 0.417. The molecule has 1 rings (SSSR count). The van der Waals surface area contributed by atoms with E-state index in [-0.39, 0.29) is 18.8 Å². The predicted octanol–water partition coefficient (Wildman–Crippen LogP) is 0.909. The van der Waals surface area contributed by atoms with E-state index in [1.54, 1.807) is 0 Å². The molecule has 1 amide bonds. The van der Waals surface area contributed by atoms with Gasteiger partial charge in [0.05, 0.1) is 0 Å². The number of primary amides is 1. The molecule has 5 heteroatoms. The number of carbonyl (C=O) groups is 1. The Bertz CT molecular complexity index is 359. The smallest absolute Gasteiger partial charge is 0.246 e. The first-order valence-corrected chi connectivity index (χ1v) is 5.31. The molecule has 96 valence electrons. The first-order valence-electron chi connectivity index (χ1n) is 5.31. The molecule has 1 aromatic rings. The molecule has 0 heterocycles. The van der Waals surface area contributed by atoms with Crippen LogP contribution < -0.4 is 11.5 Å². The highest BCUT2D eigenvalue weighted by atomic mass is 35.5. The van der Waals surface area contributed by atoms with Crippen LogP contribution in [0.4, 0.5) is 0 Å². The lowest BCUT2D eigenvalue weighted by atomic mass is 9.83. The molecule has 0 aliphatic heterocycles. The topological polar surface area (TPSA) is 89.3 Å². The summed E-state index contributed by atoms with van der Waals surface area (Å²) in [7, 11) is 0. The summed E-state index contributed by atoms with van der Waals surface area (Å²) in [5.74, 6) is -0.737. The second-order valence-electron chi connectivity index (χ2n) is 4.00. The molecule has 5 N–H and O–H groups in total. The minimum atomic E-state index is -1.20. The number of carbonyl (C=O) groups excluding carboxylic acids is 1. The molecule has 1 aromatic carbocycles. The van der Waals surface area contributed by atoms with Gasteiger partial charge in [0.1, 0.15) is 6.10 Å². The van der Waals surface area contributed by atoms with Gasteiger partial charge < -0.3 is 16.6 Å². The fourth-order valence-corrected chi connectivity index (χ4v) is 1.68. The van der Waals surface area contributed by atoms with Crippen LogP contribution in [0.2, 0.25) is 0 Å². The Kier molecular flexibility index (Phi) is 6.16. The van der Waals surface area contributed by atoms with Crippen molar-refractivity contribution < 1.29 is 9.90 Å². The van der Waals surface area contributed by atoms with Crippen molar-refractivity contribution in [3.63, 3.8) is 0 Å². The minimum Gasteiger partial charge on any atom is -0.383 e. The number of benzene rings is 1. The Morgan fingerprint density at radius 3 is 2.35 bits per heavy atom. The molecule has 2 unspecified atom stereocenters. The van der Waals surface area contributed by atoms with Gasteiger partial charge in [0.15, 0.2) is 0 Å². The number of rotatable bonds is 5. The molecular formula is C12H19ClN2O2. The van der Waals surface area contributed by atoms with E-state index in [2.05, 4.69) is 0 Å². The van der Waals surface area contributed by atoms with Gasteiger partial charge in [0.2, 0.25) is 5.91 Å². The Morgan fingerprint density at radius 1 is 1.41 bits per heavy atom. The Balaban J connectivity index is 0.00000256. The van der Waals surface area contributed by atoms with E-state index in [4.69, 9.17) is 11.5 Å². The third-order valence-electron chi connectivity index (χ3n) is 2.87. The van der Waals surface area contributed by atoms with Crippen molar-refractivity contribution in [2.45, 2.75) is 31.4 Å². The van der Waals surface area contributed by atoms with E-state index in [0.29, 0.717) is 6.42 Å². The molecule has 17 heavy (non-hydrogen) atoms. The van der Waals surface area contributed by atoms with E-state index in [1.165, 1.54) is 0 Å². The Morgan fingerprint density at radius 2 is 1.94 bits per heavy atom. The van der Waals surface area contributed by atoms with Gasteiger partial charge in [-0.15, -0.1) is 12.4 Å². The van der Waals surface area contributed by atoms with Crippen LogP contribution in [0.25, 0.3) is 0 Å². The summed E-state index contributed by atoms with van der Waals surface area (Å²) >= 11 is 0. The number of aliphatic hydroxyl groups excluding tert-OH is 1. The number of amides is 1. The van der Waals surface area contributed by atoms with Crippen LogP contribution in [0.1, 0.15) is 25.3 Å². The third kappa shape index (κ3) is 4.00. The second-order valence-corrected chi connectivity index (χ2v) is 4.00. The van der Waals surface area contributed by atoms with Gasteiger partial charge in [0.25, 0.3) is 0 Å². The van der Waals surface area contributed by atoms with Crippen LogP contribution in [0.5, 0.6) is 0 Å². The van der Waals surface area contributed by atoms with Crippen molar-refractivity contribution >= 4 is 18.3 Å². The summed E-state index contributed by atoms with van der Waals surface area (Å²) in [4.78, 5) is 10.8. The fourth-order valence-electron chi connectivity index (χ4n) is 1.68. The van der Waals surface area contributed by atoms with Crippen LogP contribution in [0, 0.1) is 0 Å². The summed E-state index contributed by atoms with van der Waals surface area (Å²) in [6.07, 6.45) is -0.436. The number of hydrogen-bond acceptors (Lipinski definition) is 3. The minimum absolute atomic E-state index is 0. The average Bonchev–Trinajstić information content (AvgIpc) is 2.29. The lowest BCUT2D eigenvalue weighted by Crippen LogP contribution is -2.43. The van der Waals surface area contributed by atoms with Crippen molar-refractivity contribution in [1.82, 2.24) is 0 Å². The van der Waals surface area contributed by atoms with Gasteiger partial charge in [-0.3, -0.25) is 4.79 Å². The SMILES string of the molecule is CCC(N)(CC(O)C(N)=O)c1ccccc1.Cl. The monoisotopic (exact) mass is 258 g/mol. The van der Waals surface area contributed by atoms with E-state index in [1.807, 2.05) is 37.3 Å². The van der Waals surface area contributed by atoms with Crippen LogP contribution in [-0.2, 0) is 10.3 Å². The summed E-state index contributed by atoms with van der Waals surface area (Å²) < 4.78 is 0. The number of aliphatic hydroxyl groups is 1. The van der Waals surface area contributed by atoms with Crippen molar-refractivity contribution in [3.8, 4) is 0 Å². The number of halogens is 1. The first kappa shape index (κ1) is 15.9. The van der Waals surface area contributed by atoms with Crippen LogP contribution in [-0.4, -0.2) is 17.1 Å². The lowest BCUT2D eigenvalue weighted by molar-refractivity contribution is -0.127. The van der Waals surface area contributed by atoms with Crippen molar-refractivity contribution in [2.75, 3.05) is 0 Å². The van der Waals surface area contributed by atoms with E-state index < -0.39 is 17.6 Å². The molecule has 0 aliphatic rings. The number of nitrogens with two attached hydrogens (primary N) is 2. The molecule has 0 radical (unpaired) electrons. The highest BCUT2D eigenvalue weighted by molar-refractivity contribution is 5.85. The van der Waals surface area contributed by atoms with Gasteiger partial charge in [-0.25, -0.2) is 0 Å². The van der Waals surface area contributed by atoms with Crippen molar-refractivity contribution in [3.05, 3.63) is 35.9 Å². The van der Waals surface area contributed by atoms with Crippen LogP contribution in [0.15, 0.2) is 30.3 Å². The van der Waals surface area contributed by atoms with Crippen LogP contribution >= 0.6 is 12.4 Å². The predicted molar refractivity (Wildman–Crippen MR) is 69.7 cm³/mol. The van der Waals surface area contributed by atoms with Gasteiger partial charge in [0, 0.05) is 12.0 Å². The molecule has 0 saturated heterocycles. The average molecular weight is 259 g/mol. The second kappa shape index (κ2) is 6.59. The zero-order valence-electron chi connectivity index (χ0n) is 9.80. The Hall–Kier alpha value is -1.10.